The highest BCUT2D eigenvalue weighted by Crippen LogP contribution is 2.46. The minimum absolute atomic E-state index is 0.00402. The summed E-state index contributed by atoms with van der Waals surface area (Å²) in [5.74, 6) is 0.848. The maximum Gasteiger partial charge on any atom is 0.244 e. The van der Waals surface area contributed by atoms with E-state index in [0.717, 1.165) is 18.4 Å². The van der Waals surface area contributed by atoms with Gasteiger partial charge in [0.25, 0.3) is 0 Å². The van der Waals surface area contributed by atoms with Gasteiger partial charge in [0.15, 0.2) is 9.84 Å². The maximum absolute atomic E-state index is 13.3. The van der Waals surface area contributed by atoms with Gasteiger partial charge in [-0.3, -0.25) is 0 Å². The Kier molecular flexibility index (Phi) is 8.48. The number of benzene rings is 1. The van der Waals surface area contributed by atoms with Gasteiger partial charge < -0.3 is 29.7 Å². The van der Waals surface area contributed by atoms with E-state index in [1.165, 1.54) is 22.6 Å². The largest absolute Gasteiger partial charge is 0.491 e. The van der Waals surface area contributed by atoms with Crippen molar-refractivity contribution in [1.82, 2.24) is 14.6 Å². The molecule has 0 amide bonds. The fourth-order valence-electron chi connectivity index (χ4n) is 6.15. The molecule has 0 radical (unpaired) electrons. The number of hydrogen-bond acceptors (Lipinski definition) is 11. The molecule has 6 rings (SSSR count). The average Bonchev–Trinajstić information content (AvgIpc) is 3.75. The van der Waals surface area contributed by atoms with Crippen molar-refractivity contribution >= 4 is 19.9 Å². The average molecular weight is 638 g/mol. The zero-order valence-corrected chi connectivity index (χ0v) is 25.6. The van der Waals surface area contributed by atoms with Crippen LogP contribution in [0.1, 0.15) is 44.1 Å². The molecule has 3 fully saturated rings. The maximum atomic E-state index is 13.3. The third kappa shape index (κ3) is 6.15. The molecule has 1 spiro atoms. The number of aromatic nitrogens is 1. The monoisotopic (exact) mass is 637 g/mol. The normalized spacial score (nSPS) is 23.8. The van der Waals surface area contributed by atoms with Crippen LogP contribution >= 0.6 is 0 Å². The van der Waals surface area contributed by atoms with Gasteiger partial charge in [0.2, 0.25) is 15.9 Å². The van der Waals surface area contributed by atoms with E-state index in [1.54, 1.807) is 18.2 Å². The Hall–Kier alpha value is -2.33. The summed E-state index contributed by atoms with van der Waals surface area (Å²) in [6.45, 7) is 1.58. The van der Waals surface area contributed by atoms with E-state index in [4.69, 9.17) is 14.2 Å². The second-order valence-corrected chi connectivity index (χ2v) is 16.4. The molecule has 1 aliphatic carbocycles. The Morgan fingerprint density at radius 2 is 1.91 bits per heavy atom. The van der Waals surface area contributed by atoms with Crippen LogP contribution in [-0.4, -0.2) is 105 Å². The standard InChI is InChI=1S/C29H39N3O9S2/c33-20-29(6-7-29)42(35,36)25-5-1-4-24(14-25)40-19-23(34)16-30-22-15-28(41-18-22)8-10-32(11-9-28)43(37,38)26-13-21-3-2-12-39-27(21)31-17-26/h1,4-5,13-14,17,22-23,30,33-34H,2-3,6-12,15-16,18-20H2/t22-,23+/m1/s1. The molecule has 236 valence electrons. The predicted molar refractivity (Wildman–Crippen MR) is 155 cm³/mol. The lowest BCUT2D eigenvalue weighted by molar-refractivity contribution is -0.0312. The zero-order chi connectivity index (χ0) is 30.3. The molecule has 1 aromatic heterocycles. The molecular weight excluding hydrogens is 598 g/mol. The van der Waals surface area contributed by atoms with Crippen molar-refractivity contribution in [3.8, 4) is 11.6 Å². The molecule has 0 bridgehead atoms. The van der Waals surface area contributed by atoms with Crippen molar-refractivity contribution in [2.45, 2.75) is 77.2 Å². The van der Waals surface area contributed by atoms with Crippen LogP contribution in [0, 0.1) is 0 Å². The molecule has 4 aliphatic rings. The summed E-state index contributed by atoms with van der Waals surface area (Å²) in [6, 6.07) is 7.83. The van der Waals surface area contributed by atoms with Crippen LogP contribution in [0.2, 0.25) is 0 Å². The van der Waals surface area contributed by atoms with Gasteiger partial charge in [-0.2, -0.15) is 4.31 Å². The number of ether oxygens (including phenoxy) is 3. The van der Waals surface area contributed by atoms with E-state index < -0.39 is 42.9 Å². The number of piperidine rings is 1. The number of pyridine rings is 1. The van der Waals surface area contributed by atoms with Crippen molar-refractivity contribution in [2.75, 3.05) is 46.1 Å². The Bertz CT molecular complexity index is 1540. The van der Waals surface area contributed by atoms with E-state index in [2.05, 4.69) is 10.3 Å². The summed E-state index contributed by atoms with van der Waals surface area (Å²) in [7, 11) is -7.34. The third-order valence-electron chi connectivity index (χ3n) is 9.08. The SMILES string of the molecule is O=S(=O)(c1cnc2c(c1)CCCO2)N1CCC2(CC1)C[C@@H](NC[C@H](O)COc1cccc(S(=O)(=O)C3(CO)CC3)c1)CO2. The van der Waals surface area contributed by atoms with Gasteiger partial charge in [-0.05, 0) is 69.2 Å². The van der Waals surface area contributed by atoms with Crippen LogP contribution in [0.3, 0.4) is 0 Å². The van der Waals surface area contributed by atoms with E-state index in [9.17, 15) is 27.0 Å². The smallest absolute Gasteiger partial charge is 0.244 e. The number of aliphatic hydroxyl groups excluding tert-OH is 2. The summed E-state index contributed by atoms with van der Waals surface area (Å²) in [5.41, 5.74) is 0.416. The molecule has 3 aliphatic heterocycles. The Labute approximate surface area is 252 Å². The minimum Gasteiger partial charge on any atom is -0.491 e. The highest BCUT2D eigenvalue weighted by atomic mass is 32.2. The van der Waals surface area contributed by atoms with Crippen LogP contribution in [0.25, 0.3) is 0 Å². The number of sulfone groups is 1. The minimum atomic E-state index is -3.67. The molecule has 2 atom stereocenters. The molecule has 2 aromatic rings. The molecule has 1 aromatic carbocycles. The summed E-state index contributed by atoms with van der Waals surface area (Å²) < 4.78 is 70.2. The molecule has 1 saturated carbocycles. The second kappa shape index (κ2) is 11.9. The van der Waals surface area contributed by atoms with E-state index in [-0.39, 0.29) is 29.0 Å². The lowest BCUT2D eigenvalue weighted by Crippen LogP contribution is -2.47. The highest BCUT2D eigenvalue weighted by Gasteiger charge is 2.54. The highest BCUT2D eigenvalue weighted by molar-refractivity contribution is 7.93. The molecule has 4 heterocycles. The lowest BCUT2D eigenvalue weighted by Gasteiger charge is -2.38. The van der Waals surface area contributed by atoms with Crippen molar-refractivity contribution in [3.63, 3.8) is 0 Å². The van der Waals surface area contributed by atoms with Crippen molar-refractivity contribution in [1.29, 1.82) is 0 Å². The van der Waals surface area contributed by atoms with Gasteiger partial charge in [-0.25, -0.2) is 21.8 Å². The van der Waals surface area contributed by atoms with Gasteiger partial charge in [0.1, 0.15) is 23.4 Å². The molecule has 12 nitrogen and oxygen atoms in total. The van der Waals surface area contributed by atoms with Gasteiger partial charge in [0.05, 0.1) is 41.3 Å². The first kappa shape index (κ1) is 30.7. The number of fused-ring (bicyclic) bond motifs is 1. The second-order valence-electron chi connectivity index (χ2n) is 12.1. The van der Waals surface area contributed by atoms with Gasteiger partial charge in [-0.1, -0.05) is 6.07 Å². The summed E-state index contributed by atoms with van der Waals surface area (Å²) in [6.07, 6.45) is 4.87. The summed E-state index contributed by atoms with van der Waals surface area (Å²) in [4.78, 5) is 4.53. The number of aliphatic hydroxyl groups is 2. The van der Waals surface area contributed by atoms with Crippen molar-refractivity contribution in [2.24, 2.45) is 0 Å². The molecule has 0 unspecified atom stereocenters. The first-order chi connectivity index (χ1) is 20.6. The van der Waals surface area contributed by atoms with Crippen molar-refractivity contribution in [3.05, 3.63) is 42.1 Å². The number of nitrogens with one attached hydrogen (secondary N) is 1. The van der Waals surface area contributed by atoms with E-state index >= 15 is 0 Å². The Morgan fingerprint density at radius 3 is 2.65 bits per heavy atom. The molecular formula is C29H39N3O9S2. The molecule has 14 heteroatoms. The van der Waals surface area contributed by atoms with Crippen LogP contribution in [0.4, 0.5) is 0 Å². The molecule has 43 heavy (non-hydrogen) atoms. The topological polar surface area (TPSA) is 165 Å². The Morgan fingerprint density at radius 1 is 1.12 bits per heavy atom. The number of rotatable bonds is 11. The summed E-state index contributed by atoms with van der Waals surface area (Å²) in [5, 5.41) is 23.4. The van der Waals surface area contributed by atoms with Crippen LogP contribution < -0.4 is 14.8 Å². The predicted octanol–water partition coefficient (Wildman–Crippen LogP) is 1.05. The Balaban J connectivity index is 0.963. The van der Waals surface area contributed by atoms with E-state index in [1.807, 2.05) is 0 Å². The van der Waals surface area contributed by atoms with E-state index in [0.29, 0.717) is 70.0 Å². The fourth-order valence-corrected chi connectivity index (χ4v) is 9.43. The number of hydrogen-bond donors (Lipinski definition) is 3. The summed E-state index contributed by atoms with van der Waals surface area (Å²) >= 11 is 0. The first-order valence-electron chi connectivity index (χ1n) is 14.8. The molecule has 2 saturated heterocycles. The van der Waals surface area contributed by atoms with Crippen LogP contribution in [0.15, 0.2) is 46.3 Å². The van der Waals surface area contributed by atoms with Crippen molar-refractivity contribution < 1.29 is 41.3 Å². The molecule has 3 N–H and O–H groups in total. The van der Waals surface area contributed by atoms with Gasteiger partial charge in [-0.15, -0.1) is 0 Å². The van der Waals surface area contributed by atoms with Crippen LogP contribution in [-0.2, 0) is 31.0 Å². The van der Waals surface area contributed by atoms with Gasteiger partial charge in [0, 0.05) is 31.2 Å². The van der Waals surface area contributed by atoms with Gasteiger partial charge >= 0.3 is 0 Å². The lowest BCUT2D eigenvalue weighted by atomic mass is 9.88. The third-order valence-corrected chi connectivity index (χ3v) is 13.5. The number of aryl methyl sites for hydroxylation is 1. The number of sulfonamides is 1. The van der Waals surface area contributed by atoms with Crippen LogP contribution in [0.5, 0.6) is 11.6 Å². The zero-order valence-electron chi connectivity index (χ0n) is 24.0. The quantitative estimate of drug-likeness (QED) is 0.323. The number of nitrogens with zero attached hydrogens (tertiary/aromatic N) is 2. The fraction of sp³-hybridized carbons (Fsp3) is 0.621. The first-order valence-corrected chi connectivity index (χ1v) is 17.7.